The van der Waals surface area contributed by atoms with Gasteiger partial charge in [0, 0.05) is 37.1 Å². The Morgan fingerprint density at radius 1 is 1.06 bits per heavy atom. The van der Waals surface area contributed by atoms with Crippen molar-refractivity contribution in [2.75, 3.05) is 38.2 Å². The van der Waals surface area contributed by atoms with Crippen molar-refractivity contribution < 1.29 is 18.6 Å². The number of morpholine rings is 1. The Balaban J connectivity index is 1.04. The first-order valence-electron chi connectivity index (χ1n) is 16.5. The zero-order valence-corrected chi connectivity index (χ0v) is 27.3. The largest absolute Gasteiger partial charge is 0.487 e. The van der Waals surface area contributed by atoms with Crippen LogP contribution in [0.3, 0.4) is 0 Å². The van der Waals surface area contributed by atoms with Gasteiger partial charge in [0.1, 0.15) is 36.2 Å². The number of tetrazole rings is 1. The molecule has 2 aliphatic rings. The summed E-state index contributed by atoms with van der Waals surface area (Å²) in [6.07, 6.45) is 14.7. The smallest absolute Gasteiger partial charge is 0.256 e. The molecule has 49 heavy (non-hydrogen) atoms. The van der Waals surface area contributed by atoms with Crippen molar-refractivity contribution in [3.63, 3.8) is 0 Å². The lowest BCUT2D eigenvalue weighted by molar-refractivity contribution is 0.00503. The number of hydrogen-bond donors (Lipinski definition) is 1. The Hall–Kier alpha value is -5.40. The zero-order chi connectivity index (χ0) is 33.4. The SMILES string of the molecule is CC(Cn1cnnn1)Oc1cc(-c2cnc(Nc3cn(C4CCC(N5CCOCC5)CC4)nc3OCCc3ncco3)nc2)ccc1C#N. The first-order valence-corrected chi connectivity index (χ1v) is 16.5. The number of benzene rings is 1. The molecule has 16 nitrogen and oxygen atoms in total. The third kappa shape index (κ3) is 8.02. The molecule has 1 aromatic carbocycles. The number of nitrogens with zero attached hydrogens (tertiary/aromatic N) is 11. The first kappa shape index (κ1) is 32.2. The highest BCUT2D eigenvalue weighted by atomic mass is 16.5. The third-order valence-electron chi connectivity index (χ3n) is 8.84. The van der Waals surface area contributed by atoms with Gasteiger partial charge in [0.2, 0.25) is 5.95 Å². The van der Waals surface area contributed by atoms with E-state index in [-0.39, 0.29) is 12.1 Å². The number of oxazole rings is 1. The Morgan fingerprint density at radius 3 is 2.61 bits per heavy atom. The van der Waals surface area contributed by atoms with Crippen LogP contribution in [0, 0.1) is 11.3 Å². The monoisotopic (exact) mass is 666 g/mol. The van der Waals surface area contributed by atoms with Gasteiger partial charge in [0.05, 0.1) is 56.8 Å². The molecular formula is C33H38N12O4. The highest BCUT2D eigenvalue weighted by Crippen LogP contribution is 2.35. The molecule has 2 fully saturated rings. The lowest BCUT2D eigenvalue weighted by Gasteiger charge is -2.38. The third-order valence-corrected chi connectivity index (χ3v) is 8.84. The van der Waals surface area contributed by atoms with Crippen LogP contribution in [0.5, 0.6) is 11.6 Å². The molecule has 5 heterocycles. The molecule has 1 aliphatic heterocycles. The van der Waals surface area contributed by atoms with Gasteiger partial charge in [-0.25, -0.2) is 19.6 Å². The fraction of sp³-hybridized carbons (Fsp3) is 0.455. The molecule has 16 heteroatoms. The number of rotatable bonds is 13. The Labute approximate surface area is 283 Å². The second kappa shape index (κ2) is 15.2. The molecule has 1 saturated carbocycles. The fourth-order valence-electron chi connectivity index (χ4n) is 6.33. The molecular weight excluding hydrogens is 628 g/mol. The minimum atomic E-state index is -0.277. The van der Waals surface area contributed by atoms with Crippen molar-refractivity contribution in [1.29, 1.82) is 5.26 Å². The minimum absolute atomic E-state index is 0.272. The summed E-state index contributed by atoms with van der Waals surface area (Å²) >= 11 is 0. The quantitative estimate of drug-likeness (QED) is 0.191. The van der Waals surface area contributed by atoms with E-state index < -0.39 is 0 Å². The van der Waals surface area contributed by atoms with Gasteiger partial charge in [-0.1, -0.05) is 6.07 Å². The fourth-order valence-corrected chi connectivity index (χ4v) is 6.33. The van der Waals surface area contributed by atoms with E-state index >= 15 is 0 Å². The molecule has 0 spiro atoms. The van der Waals surface area contributed by atoms with Gasteiger partial charge in [-0.15, -0.1) is 10.2 Å². The summed E-state index contributed by atoms with van der Waals surface area (Å²) in [7, 11) is 0. The van der Waals surface area contributed by atoms with Crippen molar-refractivity contribution in [3.05, 3.63) is 67.0 Å². The normalized spacial score (nSPS) is 18.9. The van der Waals surface area contributed by atoms with Crippen molar-refractivity contribution in [3.8, 4) is 28.8 Å². The molecule has 1 N–H and O–H groups in total. The molecule has 1 aliphatic carbocycles. The van der Waals surface area contributed by atoms with Crippen molar-refractivity contribution in [2.24, 2.45) is 0 Å². The second-order valence-corrected chi connectivity index (χ2v) is 12.2. The van der Waals surface area contributed by atoms with E-state index in [0.29, 0.717) is 60.3 Å². The van der Waals surface area contributed by atoms with Gasteiger partial charge in [0.15, 0.2) is 5.89 Å². The number of nitriles is 1. The topological polar surface area (TPSA) is 180 Å². The molecule has 254 valence electrons. The van der Waals surface area contributed by atoms with Crippen molar-refractivity contribution >= 4 is 11.6 Å². The van der Waals surface area contributed by atoms with Gasteiger partial charge >= 0.3 is 0 Å². The average Bonchev–Trinajstić information content (AvgIpc) is 3.93. The van der Waals surface area contributed by atoms with E-state index in [1.54, 1.807) is 35.6 Å². The van der Waals surface area contributed by atoms with Crippen LogP contribution in [-0.4, -0.2) is 94.9 Å². The summed E-state index contributed by atoms with van der Waals surface area (Å²) in [5, 5.41) is 29.0. The minimum Gasteiger partial charge on any atom is -0.487 e. The summed E-state index contributed by atoms with van der Waals surface area (Å²) in [5.74, 6) is 1.93. The zero-order valence-electron chi connectivity index (χ0n) is 27.3. The van der Waals surface area contributed by atoms with Crippen molar-refractivity contribution in [2.45, 2.75) is 63.8 Å². The molecule has 1 atom stereocenters. The predicted octanol–water partition coefficient (Wildman–Crippen LogP) is 3.83. The number of hydrogen-bond acceptors (Lipinski definition) is 14. The summed E-state index contributed by atoms with van der Waals surface area (Å²) < 4.78 is 26.8. The van der Waals surface area contributed by atoms with Crippen LogP contribution in [0.15, 0.2) is 60.0 Å². The van der Waals surface area contributed by atoms with Crippen LogP contribution in [-0.2, 0) is 17.7 Å². The average molecular weight is 667 g/mol. The van der Waals surface area contributed by atoms with Crippen LogP contribution in [0.1, 0.15) is 50.1 Å². The predicted molar refractivity (Wildman–Crippen MR) is 175 cm³/mol. The van der Waals surface area contributed by atoms with E-state index in [1.165, 1.54) is 6.33 Å². The maximum absolute atomic E-state index is 9.67. The van der Waals surface area contributed by atoms with Gasteiger partial charge in [0.25, 0.3) is 5.88 Å². The summed E-state index contributed by atoms with van der Waals surface area (Å²) in [5.41, 5.74) is 2.68. The Bertz CT molecular complexity index is 1810. The summed E-state index contributed by atoms with van der Waals surface area (Å²) in [6, 6.07) is 8.46. The van der Waals surface area contributed by atoms with Gasteiger partial charge in [-0.05, 0) is 60.7 Å². The number of anilines is 2. The molecule has 4 aromatic heterocycles. The van der Waals surface area contributed by atoms with E-state index in [0.717, 1.165) is 63.1 Å². The molecule has 1 unspecified atom stereocenters. The van der Waals surface area contributed by atoms with E-state index in [9.17, 15) is 5.26 Å². The maximum atomic E-state index is 9.67. The molecule has 0 radical (unpaired) electrons. The summed E-state index contributed by atoms with van der Waals surface area (Å²) in [6.45, 7) is 6.33. The van der Waals surface area contributed by atoms with Gasteiger partial charge in [-0.2, -0.15) is 5.26 Å². The van der Waals surface area contributed by atoms with E-state index in [4.69, 9.17) is 23.7 Å². The highest BCUT2D eigenvalue weighted by Gasteiger charge is 2.29. The van der Waals surface area contributed by atoms with Crippen LogP contribution in [0.2, 0.25) is 0 Å². The molecule has 5 aromatic rings. The molecule has 1 saturated heterocycles. The van der Waals surface area contributed by atoms with E-state index in [1.807, 2.05) is 29.9 Å². The Kier molecular flexibility index (Phi) is 9.99. The first-order chi connectivity index (χ1) is 24.1. The van der Waals surface area contributed by atoms with Crippen LogP contribution in [0.4, 0.5) is 11.6 Å². The number of ether oxygens (including phenoxy) is 3. The molecule has 7 rings (SSSR count). The van der Waals surface area contributed by atoms with Gasteiger partial charge < -0.3 is 23.9 Å². The molecule has 0 bridgehead atoms. The Morgan fingerprint density at radius 2 is 1.88 bits per heavy atom. The number of aromatic nitrogens is 9. The number of nitrogens with one attached hydrogen (secondary N) is 1. The lowest BCUT2D eigenvalue weighted by atomic mass is 9.90. The van der Waals surface area contributed by atoms with E-state index in [2.05, 4.69) is 46.8 Å². The molecule has 0 amide bonds. The van der Waals surface area contributed by atoms with Crippen LogP contribution in [0.25, 0.3) is 11.1 Å². The maximum Gasteiger partial charge on any atom is 0.256 e. The lowest BCUT2D eigenvalue weighted by Crippen LogP contribution is -2.45. The van der Waals surface area contributed by atoms with Gasteiger partial charge in [-0.3, -0.25) is 9.58 Å². The summed E-state index contributed by atoms with van der Waals surface area (Å²) in [4.78, 5) is 15.9. The van der Waals surface area contributed by atoms with Crippen LogP contribution >= 0.6 is 0 Å². The van der Waals surface area contributed by atoms with Crippen LogP contribution < -0.4 is 14.8 Å². The highest BCUT2D eigenvalue weighted by molar-refractivity contribution is 5.67. The van der Waals surface area contributed by atoms with Crippen molar-refractivity contribution in [1.82, 2.24) is 49.8 Å². The standard InChI is InChI=1S/C33H38N12O4/c1-23(20-44-22-38-41-42-44)49-30-16-24(2-3-25(30)17-34)26-18-36-33(37-19-26)39-29-21-45(40-32(29)48-12-8-31-35-9-13-47-31)28-6-4-27(5-7-28)43-10-14-46-15-11-43/h2-3,9,13,16,18-19,21-23,27-28H,4-8,10-12,14-15,20H2,1H3,(H,36,37,39). The second-order valence-electron chi connectivity index (χ2n) is 12.2.